The molecule has 5 N–H and O–H groups in total. The van der Waals surface area contributed by atoms with Crippen LogP contribution in [0.5, 0.6) is 0 Å². The summed E-state index contributed by atoms with van der Waals surface area (Å²) in [5, 5.41) is 3.03. The van der Waals surface area contributed by atoms with Crippen molar-refractivity contribution in [1.82, 2.24) is 9.88 Å². The molecule has 6 nitrogen and oxygen atoms in total. The number of rotatable bonds is 4. The molecular weight excluding hydrogens is 240 g/mol. The highest BCUT2D eigenvalue weighted by atomic mass is 15.1. The van der Waals surface area contributed by atoms with Crippen LogP contribution in [-0.4, -0.2) is 16.9 Å². The minimum absolute atomic E-state index is 0.360. The van der Waals surface area contributed by atoms with Crippen LogP contribution in [0.3, 0.4) is 0 Å². The fraction of sp³-hybridized carbons (Fsp3) is 0.231. The molecule has 1 aromatic heterocycles. The van der Waals surface area contributed by atoms with Gasteiger partial charge in [0, 0.05) is 6.20 Å². The number of aliphatic imine (C=N–C) groups is 1. The lowest BCUT2D eigenvalue weighted by molar-refractivity contribution is -0.671. The Morgan fingerprint density at radius 2 is 2.26 bits per heavy atom. The van der Waals surface area contributed by atoms with Crippen molar-refractivity contribution in [2.75, 3.05) is 6.54 Å². The quantitative estimate of drug-likeness (QED) is 0.387. The lowest BCUT2D eigenvalue weighted by Crippen LogP contribution is -2.27. The van der Waals surface area contributed by atoms with Crippen LogP contribution < -0.4 is 21.4 Å². The first-order valence-corrected chi connectivity index (χ1v) is 6.07. The molecule has 1 aliphatic heterocycles. The third kappa shape index (κ3) is 3.48. The molecule has 100 valence electrons. The zero-order valence-corrected chi connectivity index (χ0v) is 11.0. The number of aromatic nitrogens is 2. The highest BCUT2D eigenvalue weighted by Crippen LogP contribution is 2.02. The average Bonchev–Trinajstić information content (AvgIpc) is 2.84. The van der Waals surface area contributed by atoms with Crippen molar-refractivity contribution < 1.29 is 4.57 Å². The van der Waals surface area contributed by atoms with E-state index in [4.69, 9.17) is 11.5 Å². The van der Waals surface area contributed by atoms with Gasteiger partial charge in [-0.15, -0.1) is 0 Å². The van der Waals surface area contributed by atoms with Crippen LogP contribution in [0, 0.1) is 0 Å². The van der Waals surface area contributed by atoms with Crippen molar-refractivity contribution >= 4 is 5.84 Å². The topological polar surface area (TPSA) is 85.2 Å². The van der Waals surface area contributed by atoms with Crippen molar-refractivity contribution in [3.8, 4) is 0 Å². The van der Waals surface area contributed by atoms with Crippen LogP contribution in [0.4, 0.5) is 0 Å². The van der Waals surface area contributed by atoms with Gasteiger partial charge >= 0.3 is 0 Å². The Balaban J connectivity index is 1.95. The van der Waals surface area contributed by atoms with Crippen molar-refractivity contribution in [3.05, 3.63) is 54.5 Å². The van der Waals surface area contributed by atoms with E-state index in [0.717, 1.165) is 12.2 Å². The predicted molar refractivity (Wildman–Crippen MR) is 74.7 cm³/mol. The normalized spacial score (nSPS) is 17.4. The van der Waals surface area contributed by atoms with Gasteiger partial charge in [0.25, 0.3) is 0 Å². The third-order valence-electron chi connectivity index (χ3n) is 2.74. The van der Waals surface area contributed by atoms with Gasteiger partial charge in [0.2, 0.25) is 6.33 Å². The fourth-order valence-corrected chi connectivity index (χ4v) is 1.70. The maximum absolute atomic E-state index is 5.94. The summed E-state index contributed by atoms with van der Waals surface area (Å²) < 4.78 is 4.02. The van der Waals surface area contributed by atoms with Gasteiger partial charge in [0.15, 0.2) is 0 Å². The molecule has 0 bridgehead atoms. The maximum Gasteiger partial charge on any atom is 0.243 e. The molecule has 2 rings (SSSR count). The average molecular weight is 259 g/mol. The molecule has 6 heteroatoms. The second-order valence-corrected chi connectivity index (χ2v) is 4.27. The van der Waals surface area contributed by atoms with Gasteiger partial charge in [-0.3, -0.25) is 4.99 Å². The molecule has 0 aliphatic carbocycles. The monoisotopic (exact) mass is 259 g/mol. The molecule has 0 unspecified atom stereocenters. The fourth-order valence-electron chi connectivity index (χ4n) is 1.70. The van der Waals surface area contributed by atoms with Crippen LogP contribution in [0.25, 0.3) is 0 Å². The number of amidine groups is 1. The van der Waals surface area contributed by atoms with E-state index in [9.17, 15) is 0 Å². The van der Waals surface area contributed by atoms with Crippen LogP contribution >= 0.6 is 0 Å². The molecule has 0 fully saturated rings. The first-order valence-electron chi connectivity index (χ1n) is 6.07. The van der Waals surface area contributed by atoms with Gasteiger partial charge in [-0.2, -0.15) is 0 Å². The van der Waals surface area contributed by atoms with E-state index in [0.29, 0.717) is 18.1 Å². The van der Waals surface area contributed by atoms with E-state index in [-0.39, 0.29) is 0 Å². The first-order chi connectivity index (χ1) is 9.16. The molecule has 0 atom stereocenters. The zero-order valence-electron chi connectivity index (χ0n) is 11.0. The molecule has 19 heavy (non-hydrogen) atoms. The van der Waals surface area contributed by atoms with Gasteiger partial charge < -0.3 is 16.8 Å². The van der Waals surface area contributed by atoms with Crippen molar-refractivity contribution in [2.45, 2.75) is 6.54 Å². The van der Waals surface area contributed by atoms with Crippen molar-refractivity contribution in [2.24, 2.45) is 23.5 Å². The van der Waals surface area contributed by atoms with Crippen LogP contribution in [-0.2, 0) is 13.6 Å². The molecule has 0 radical (unpaired) electrons. The number of hydrogen-bond acceptors (Lipinski definition) is 3. The van der Waals surface area contributed by atoms with Crippen LogP contribution in [0.2, 0.25) is 0 Å². The lowest BCUT2D eigenvalue weighted by atomic mass is 10.2. The smallest absolute Gasteiger partial charge is 0.243 e. The minimum atomic E-state index is 0.360. The summed E-state index contributed by atoms with van der Waals surface area (Å²) in [5.74, 6) is 0.360. The van der Waals surface area contributed by atoms with Crippen LogP contribution in [0.15, 0.2) is 59.5 Å². The standard InChI is InChI=1S/C13H19N6/c1-18-8-9-19(10-18)7-6-17-13(15)12(14)11-4-2-3-5-16-11/h2-5,8-10,16H,6-7,14H2,1H3,(H2,15,17)/q+1/b12-11+. The summed E-state index contributed by atoms with van der Waals surface area (Å²) in [4.78, 5) is 4.29. The molecule has 2 heterocycles. The van der Waals surface area contributed by atoms with E-state index >= 15 is 0 Å². The number of dihydropyridines is 1. The molecular formula is C13H19N6+. The molecule has 1 aromatic rings. The largest absolute Gasteiger partial charge is 0.394 e. The van der Waals surface area contributed by atoms with E-state index in [1.165, 1.54) is 0 Å². The van der Waals surface area contributed by atoms with E-state index in [1.54, 1.807) is 6.20 Å². The SMILES string of the molecule is C[n+]1ccn(CCN=C(N)/C(N)=C2/C=CC=CN2)c1. The Labute approximate surface area is 112 Å². The maximum atomic E-state index is 5.94. The Kier molecular flexibility index (Phi) is 4.02. The van der Waals surface area contributed by atoms with Gasteiger partial charge in [-0.05, 0) is 12.2 Å². The first kappa shape index (κ1) is 12.9. The molecule has 0 spiro atoms. The Bertz CT molecular complexity index is 561. The van der Waals surface area contributed by atoms with Crippen molar-refractivity contribution in [1.29, 1.82) is 0 Å². The number of nitrogens with two attached hydrogens (primary N) is 2. The van der Waals surface area contributed by atoms with Gasteiger partial charge in [0.05, 0.1) is 25.0 Å². The van der Waals surface area contributed by atoms with E-state index < -0.39 is 0 Å². The van der Waals surface area contributed by atoms with Gasteiger partial charge in [0.1, 0.15) is 24.8 Å². The molecule has 0 aromatic carbocycles. The number of nitrogens with zero attached hydrogens (tertiary/aromatic N) is 3. The summed E-state index contributed by atoms with van der Waals surface area (Å²) in [6.07, 6.45) is 13.4. The summed E-state index contributed by atoms with van der Waals surface area (Å²) in [7, 11) is 1.98. The highest BCUT2D eigenvalue weighted by Gasteiger charge is 2.05. The lowest BCUT2D eigenvalue weighted by Gasteiger charge is -2.10. The van der Waals surface area contributed by atoms with E-state index in [1.807, 2.05) is 53.1 Å². The molecule has 1 aliphatic rings. The van der Waals surface area contributed by atoms with Crippen LogP contribution in [0.1, 0.15) is 0 Å². The van der Waals surface area contributed by atoms with E-state index in [2.05, 4.69) is 10.3 Å². The van der Waals surface area contributed by atoms with Gasteiger partial charge in [-0.25, -0.2) is 9.13 Å². The minimum Gasteiger partial charge on any atom is -0.394 e. The van der Waals surface area contributed by atoms with Gasteiger partial charge in [-0.1, -0.05) is 6.08 Å². The Morgan fingerprint density at radius 1 is 1.42 bits per heavy atom. The second kappa shape index (κ2) is 5.90. The summed E-state index contributed by atoms with van der Waals surface area (Å²) in [6.45, 7) is 1.36. The Morgan fingerprint density at radius 3 is 2.89 bits per heavy atom. The summed E-state index contributed by atoms with van der Waals surface area (Å²) in [5.41, 5.74) is 13.1. The third-order valence-corrected chi connectivity index (χ3v) is 2.74. The predicted octanol–water partition coefficient (Wildman–Crippen LogP) is -0.487. The number of nitrogens with one attached hydrogen (secondary N) is 1. The number of aryl methyl sites for hydroxylation is 1. The number of allylic oxidation sites excluding steroid dienone is 3. The summed E-state index contributed by atoms with van der Waals surface area (Å²) >= 11 is 0. The molecule has 0 saturated heterocycles. The zero-order chi connectivity index (χ0) is 13.7. The number of imidazole rings is 1. The number of hydrogen-bond donors (Lipinski definition) is 3. The highest BCUT2D eigenvalue weighted by molar-refractivity contribution is 5.97. The second-order valence-electron chi connectivity index (χ2n) is 4.27. The Hall–Kier alpha value is -2.50. The van der Waals surface area contributed by atoms with Crippen molar-refractivity contribution in [3.63, 3.8) is 0 Å². The summed E-state index contributed by atoms with van der Waals surface area (Å²) in [6, 6.07) is 0. The molecule has 0 saturated carbocycles. The molecule has 0 amide bonds.